The van der Waals surface area contributed by atoms with E-state index in [1.54, 1.807) is 7.11 Å². The van der Waals surface area contributed by atoms with Gasteiger partial charge < -0.3 is 20.1 Å². The number of carbonyl (C=O) groups excluding carboxylic acids is 1. The largest absolute Gasteiger partial charge is 0.497 e. The molecule has 2 aliphatic rings. The van der Waals surface area contributed by atoms with Crippen LogP contribution in [-0.2, 0) is 4.79 Å². The van der Waals surface area contributed by atoms with Gasteiger partial charge >= 0.3 is 0 Å². The molecule has 1 heterocycles. The molecular weight excluding hydrogens is 292 g/mol. The van der Waals surface area contributed by atoms with Gasteiger partial charge in [-0.1, -0.05) is 0 Å². The van der Waals surface area contributed by atoms with Crippen LogP contribution in [0, 0.1) is 11.3 Å². The molecule has 23 heavy (non-hydrogen) atoms. The number of methoxy groups -OCH3 is 1. The highest BCUT2D eigenvalue weighted by Gasteiger charge is 2.57. The van der Waals surface area contributed by atoms with Gasteiger partial charge in [0, 0.05) is 5.92 Å². The van der Waals surface area contributed by atoms with E-state index >= 15 is 0 Å². The molecule has 2 unspecified atom stereocenters. The highest BCUT2D eigenvalue weighted by atomic mass is 16.5. The molecule has 1 aliphatic heterocycles. The zero-order valence-electron chi connectivity index (χ0n) is 13.9. The Labute approximate surface area is 137 Å². The van der Waals surface area contributed by atoms with E-state index in [4.69, 9.17) is 9.47 Å². The van der Waals surface area contributed by atoms with Crippen LogP contribution in [0.25, 0.3) is 0 Å². The van der Waals surface area contributed by atoms with Gasteiger partial charge in [-0.2, -0.15) is 0 Å². The van der Waals surface area contributed by atoms with Gasteiger partial charge in [-0.05, 0) is 69.0 Å². The van der Waals surface area contributed by atoms with Crippen molar-refractivity contribution in [3.8, 4) is 11.5 Å². The van der Waals surface area contributed by atoms with Gasteiger partial charge in [0.1, 0.15) is 17.6 Å². The van der Waals surface area contributed by atoms with Gasteiger partial charge in [0.25, 0.3) is 0 Å². The number of hydrogen-bond acceptors (Lipinski definition) is 4. The lowest BCUT2D eigenvalue weighted by Gasteiger charge is -2.23. The van der Waals surface area contributed by atoms with E-state index in [1.807, 2.05) is 31.2 Å². The maximum atomic E-state index is 12.3. The minimum atomic E-state index is -0.0601. The predicted molar refractivity (Wildman–Crippen MR) is 88.7 cm³/mol. The minimum Gasteiger partial charge on any atom is -0.497 e. The monoisotopic (exact) mass is 318 g/mol. The zero-order chi connectivity index (χ0) is 16.3. The Bertz CT molecular complexity index is 538. The molecule has 2 atom stereocenters. The second-order valence-corrected chi connectivity index (χ2v) is 6.72. The molecule has 0 aromatic heterocycles. The van der Waals surface area contributed by atoms with Crippen LogP contribution in [-0.4, -0.2) is 38.8 Å². The highest BCUT2D eigenvalue weighted by molar-refractivity contribution is 5.82. The van der Waals surface area contributed by atoms with Crippen LogP contribution in [0.3, 0.4) is 0 Å². The maximum Gasteiger partial charge on any atom is 0.223 e. The number of rotatable bonds is 6. The van der Waals surface area contributed by atoms with Gasteiger partial charge in [-0.25, -0.2) is 0 Å². The van der Waals surface area contributed by atoms with E-state index in [1.165, 1.54) is 0 Å². The SMILES string of the molecule is COc1ccc(OC(C)CNC(=O)C2CC23CCNCC3)cc1. The average Bonchev–Trinajstić information content (AvgIpc) is 3.27. The normalized spacial score (nSPS) is 23.1. The number of carbonyl (C=O) groups is 1. The van der Waals surface area contributed by atoms with Gasteiger partial charge in [0.2, 0.25) is 5.91 Å². The fraction of sp³-hybridized carbons (Fsp3) is 0.611. The molecular formula is C18H26N2O3. The Morgan fingerprint density at radius 1 is 1.30 bits per heavy atom. The molecule has 1 aromatic carbocycles. The summed E-state index contributed by atoms with van der Waals surface area (Å²) in [5.41, 5.74) is 0.287. The summed E-state index contributed by atoms with van der Waals surface area (Å²) in [5.74, 6) is 1.99. The van der Waals surface area contributed by atoms with Crippen molar-refractivity contribution in [1.29, 1.82) is 0 Å². The first-order valence-corrected chi connectivity index (χ1v) is 8.42. The molecule has 0 bridgehead atoms. The topological polar surface area (TPSA) is 59.6 Å². The van der Waals surface area contributed by atoms with E-state index in [0.29, 0.717) is 6.54 Å². The Kier molecular flexibility index (Phi) is 4.76. The van der Waals surface area contributed by atoms with Crippen molar-refractivity contribution in [1.82, 2.24) is 10.6 Å². The summed E-state index contributed by atoms with van der Waals surface area (Å²) in [6.07, 6.45) is 3.25. The van der Waals surface area contributed by atoms with Crippen molar-refractivity contribution in [2.75, 3.05) is 26.7 Å². The number of ether oxygens (including phenoxy) is 2. The first-order valence-electron chi connectivity index (χ1n) is 8.42. The average molecular weight is 318 g/mol. The van der Waals surface area contributed by atoms with Crippen LogP contribution in [0.5, 0.6) is 11.5 Å². The fourth-order valence-electron chi connectivity index (χ4n) is 3.49. The second-order valence-electron chi connectivity index (χ2n) is 6.72. The van der Waals surface area contributed by atoms with Crippen molar-refractivity contribution < 1.29 is 14.3 Å². The lowest BCUT2D eigenvalue weighted by Crippen LogP contribution is -2.37. The van der Waals surface area contributed by atoms with Crippen LogP contribution in [0.2, 0.25) is 0 Å². The predicted octanol–water partition coefficient (Wildman–Crippen LogP) is 1.97. The van der Waals surface area contributed by atoms with Crippen LogP contribution in [0.4, 0.5) is 0 Å². The molecule has 5 nitrogen and oxygen atoms in total. The molecule has 0 radical (unpaired) electrons. The van der Waals surface area contributed by atoms with Gasteiger partial charge in [-0.15, -0.1) is 0 Å². The summed E-state index contributed by atoms with van der Waals surface area (Å²) in [4.78, 5) is 12.3. The third-order valence-corrected chi connectivity index (χ3v) is 5.07. The van der Waals surface area contributed by atoms with Gasteiger partial charge in [0.15, 0.2) is 0 Å². The van der Waals surface area contributed by atoms with Gasteiger partial charge in [0.05, 0.1) is 13.7 Å². The molecule has 1 saturated carbocycles. The van der Waals surface area contributed by atoms with E-state index in [2.05, 4.69) is 10.6 Å². The van der Waals surface area contributed by atoms with Crippen LogP contribution >= 0.6 is 0 Å². The molecule has 1 amide bonds. The van der Waals surface area contributed by atoms with E-state index in [9.17, 15) is 4.79 Å². The van der Waals surface area contributed by atoms with E-state index in [0.717, 1.165) is 43.9 Å². The summed E-state index contributed by atoms with van der Waals surface area (Å²) in [6, 6.07) is 7.49. The fourth-order valence-corrected chi connectivity index (χ4v) is 3.49. The summed E-state index contributed by atoms with van der Waals surface area (Å²) in [6.45, 7) is 4.59. The maximum absolute atomic E-state index is 12.3. The third-order valence-electron chi connectivity index (χ3n) is 5.07. The molecule has 5 heteroatoms. The number of hydrogen-bond donors (Lipinski definition) is 2. The molecule has 3 rings (SSSR count). The number of nitrogens with one attached hydrogen (secondary N) is 2. The minimum absolute atomic E-state index is 0.0601. The van der Waals surface area contributed by atoms with Crippen molar-refractivity contribution in [2.45, 2.75) is 32.3 Å². The van der Waals surface area contributed by atoms with Crippen LogP contribution < -0.4 is 20.1 Å². The van der Waals surface area contributed by atoms with Crippen molar-refractivity contribution in [2.24, 2.45) is 11.3 Å². The van der Waals surface area contributed by atoms with Gasteiger partial charge in [-0.3, -0.25) is 4.79 Å². The smallest absolute Gasteiger partial charge is 0.223 e. The first-order chi connectivity index (χ1) is 11.1. The zero-order valence-corrected chi connectivity index (χ0v) is 13.9. The van der Waals surface area contributed by atoms with Crippen molar-refractivity contribution in [3.05, 3.63) is 24.3 Å². The molecule has 2 fully saturated rings. The lowest BCUT2D eigenvalue weighted by atomic mass is 9.92. The standard InChI is InChI=1S/C18H26N2O3/c1-13(23-15-5-3-14(22-2)4-6-15)12-20-17(21)16-11-18(16)7-9-19-10-8-18/h3-6,13,16,19H,7-12H2,1-2H3,(H,20,21). The quantitative estimate of drug-likeness (QED) is 0.842. The second kappa shape index (κ2) is 6.79. The third kappa shape index (κ3) is 3.78. The Morgan fingerprint density at radius 3 is 2.61 bits per heavy atom. The van der Waals surface area contributed by atoms with E-state index < -0.39 is 0 Å². The summed E-state index contributed by atoms with van der Waals surface area (Å²) < 4.78 is 10.9. The summed E-state index contributed by atoms with van der Waals surface area (Å²) >= 11 is 0. The summed E-state index contributed by atoms with van der Waals surface area (Å²) in [5, 5.41) is 6.41. The first kappa shape index (κ1) is 16.1. The Balaban J connectivity index is 1.42. The van der Waals surface area contributed by atoms with Crippen molar-refractivity contribution >= 4 is 5.91 Å². The molecule has 1 aliphatic carbocycles. The Morgan fingerprint density at radius 2 is 1.96 bits per heavy atom. The summed E-state index contributed by atoms with van der Waals surface area (Å²) in [7, 11) is 1.64. The Hall–Kier alpha value is -1.75. The lowest BCUT2D eigenvalue weighted by molar-refractivity contribution is -0.123. The highest BCUT2D eigenvalue weighted by Crippen LogP contribution is 2.58. The van der Waals surface area contributed by atoms with Crippen LogP contribution in [0.15, 0.2) is 24.3 Å². The van der Waals surface area contributed by atoms with Crippen molar-refractivity contribution in [3.63, 3.8) is 0 Å². The van der Waals surface area contributed by atoms with Crippen LogP contribution in [0.1, 0.15) is 26.2 Å². The van der Waals surface area contributed by atoms with E-state index in [-0.39, 0.29) is 23.3 Å². The number of amides is 1. The molecule has 1 aromatic rings. The molecule has 1 spiro atoms. The molecule has 126 valence electrons. The number of piperidine rings is 1. The number of benzene rings is 1. The molecule has 2 N–H and O–H groups in total. The molecule has 1 saturated heterocycles.